The molecule has 1 N–H and O–H groups in total. The van der Waals surface area contributed by atoms with Crippen LogP contribution in [0.3, 0.4) is 0 Å². The van der Waals surface area contributed by atoms with Crippen LogP contribution in [0.4, 0.5) is 5.69 Å². The summed E-state index contributed by atoms with van der Waals surface area (Å²) < 4.78 is 28.6. The molecule has 0 unspecified atom stereocenters. The van der Waals surface area contributed by atoms with Gasteiger partial charge < -0.3 is 10.1 Å². The Bertz CT molecular complexity index is 745. The van der Waals surface area contributed by atoms with Gasteiger partial charge in [-0.15, -0.1) is 0 Å². The Balaban J connectivity index is 1.53. The highest BCUT2D eigenvalue weighted by molar-refractivity contribution is 7.91. The summed E-state index contributed by atoms with van der Waals surface area (Å²) in [7, 11) is -1.28. The van der Waals surface area contributed by atoms with Crippen molar-refractivity contribution in [3.8, 4) is 5.75 Å². The first kappa shape index (κ1) is 19.1. The number of para-hydroxylation sites is 2. The minimum Gasteiger partial charge on any atom is -0.495 e. The highest BCUT2D eigenvalue weighted by atomic mass is 32.2. The van der Waals surface area contributed by atoms with E-state index in [1.54, 1.807) is 7.11 Å². The molecule has 0 saturated carbocycles. The lowest BCUT2D eigenvalue weighted by Crippen LogP contribution is -2.55. The van der Waals surface area contributed by atoms with Crippen LogP contribution in [0.1, 0.15) is 13.3 Å². The van der Waals surface area contributed by atoms with Crippen molar-refractivity contribution in [3.05, 3.63) is 24.3 Å². The molecule has 0 radical (unpaired) electrons. The molecular formula is C18H27N3O4S. The zero-order chi connectivity index (χ0) is 18.7. The molecule has 2 saturated heterocycles. The fourth-order valence-electron chi connectivity index (χ4n) is 3.70. The first-order chi connectivity index (χ1) is 12.4. The molecule has 2 atom stereocenters. The van der Waals surface area contributed by atoms with Crippen LogP contribution < -0.4 is 10.1 Å². The van der Waals surface area contributed by atoms with Gasteiger partial charge in [-0.3, -0.25) is 14.6 Å². The molecule has 1 aromatic rings. The van der Waals surface area contributed by atoms with Crippen molar-refractivity contribution in [3.63, 3.8) is 0 Å². The van der Waals surface area contributed by atoms with Crippen LogP contribution in [0, 0.1) is 0 Å². The Hall–Kier alpha value is -1.64. The summed E-state index contributed by atoms with van der Waals surface area (Å²) in [4.78, 5) is 17.0. The smallest absolute Gasteiger partial charge is 0.241 e. The van der Waals surface area contributed by atoms with Crippen molar-refractivity contribution < 1.29 is 17.9 Å². The predicted molar refractivity (Wildman–Crippen MR) is 101 cm³/mol. The minimum absolute atomic E-state index is 0.0635. The number of methoxy groups -OCH3 is 1. The monoisotopic (exact) mass is 381 g/mol. The number of hydrogen-bond acceptors (Lipinski definition) is 6. The Kier molecular flexibility index (Phi) is 5.84. The second kappa shape index (κ2) is 7.94. The fraction of sp³-hybridized carbons (Fsp3) is 0.611. The van der Waals surface area contributed by atoms with Crippen molar-refractivity contribution in [2.75, 3.05) is 50.1 Å². The summed E-state index contributed by atoms with van der Waals surface area (Å²) in [6.45, 7) is 5.02. The van der Waals surface area contributed by atoms with E-state index in [0.717, 1.165) is 32.6 Å². The highest BCUT2D eigenvalue weighted by Crippen LogP contribution is 2.24. The molecule has 2 fully saturated rings. The van der Waals surface area contributed by atoms with Gasteiger partial charge in [-0.2, -0.15) is 0 Å². The number of nitrogens with one attached hydrogen (secondary N) is 1. The van der Waals surface area contributed by atoms with Gasteiger partial charge in [0, 0.05) is 32.2 Å². The van der Waals surface area contributed by atoms with E-state index in [-0.39, 0.29) is 23.7 Å². The van der Waals surface area contributed by atoms with Crippen LogP contribution in [0.15, 0.2) is 24.3 Å². The number of carbonyl (C=O) groups excluding carboxylic acids is 1. The molecule has 2 aliphatic heterocycles. The number of carbonyl (C=O) groups is 1. The number of ether oxygens (including phenoxy) is 1. The molecule has 2 heterocycles. The topological polar surface area (TPSA) is 79.0 Å². The molecule has 3 rings (SSSR count). The first-order valence-corrected chi connectivity index (χ1v) is 10.8. The fourth-order valence-corrected chi connectivity index (χ4v) is 5.47. The maximum absolute atomic E-state index is 12.6. The summed E-state index contributed by atoms with van der Waals surface area (Å²) in [5.41, 5.74) is 0.668. The Labute approximate surface area is 155 Å². The number of benzene rings is 1. The Morgan fingerprint density at radius 1 is 1.23 bits per heavy atom. The van der Waals surface area contributed by atoms with Gasteiger partial charge in [0.25, 0.3) is 0 Å². The van der Waals surface area contributed by atoms with E-state index in [1.807, 2.05) is 31.2 Å². The lowest BCUT2D eigenvalue weighted by molar-refractivity contribution is -0.121. The number of piperazine rings is 1. The third kappa shape index (κ3) is 4.36. The van der Waals surface area contributed by atoms with E-state index in [4.69, 9.17) is 4.74 Å². The van der Waals surface area contributed by atoms with Crippen LogP contribution in [0.5, 0.6) is 5.75 Å². The first-order valence-electron chi connectivity index (χ1n) is 9.02. The molecule has 2 aliphatic rings. The number of anilines is 1. The van der Waals surface area contributed by atoms with Gasteiger partial charge in [0.15, 0.2) is 9.84 Å². The van der Waals surface area contributed by atoms with Crippen LogP contribution >= 0.6 is 0 Å². The molecule has 8 heteroatoms. The lowest BCUT2D eigenvalue weighted by atomic mass is 10.1. The van der Waals surface area contributed by atoms with Crippen LogP contribution in [0.25, 0.3) is 0 Å². The molecule has 0 spiro atoms. The number of amides is 1. The van der Waals surface area contributed by atoms with Crippen LogP contribution in [0.2, 0.25) is 0 Å². The second-order valence-corrected chi connectivity index (χ2v) is 9.22. The number of rotatable bonds is 5. The van der Waals surface area contributed by atoms with E-state index < -0.39 is 9.84 Å². The quantitative estimate of drug-likeness (QED) is 0.814. The normalized spacial score (nSPS) is 24.9. The molecule has 26 heavy (non-hydrogen) atoms. The number of sulfone groups is 1. The van der Waals surface area contributed by atoms with E-state index >= 15 is 0 Å². The highest BCUT2D eigenvalue weighted by Gasteiger charge is 2.35. The van der Waals surface area contributed by atoms with E-state index in [2.05, 4.69) is 15.1 Å². The minimum atomic E-state index is -2.86. The van der Waals surface area contributed by atoms with Gasteiger partial charge in [-0.05, 0) is 25.5 Å². The molecule has 144 valence electrons. The number of hydrogen-bond donors (Lipinski definition) is 1. The van der Waals surface area contributed by atoms with Crippen LogP contribution in [-0.4, -0.2) is 81.0 Å². The average molecular weight is 381 g/mol. The molecule has 0 aromatic heterocycles. The van der Waals surface area contributed by atoms with Gasteiger partial charge in [0.2, 0.25) is 5.91 Å². The van der Waals surface area contributed by atoms with Gasteiger partial charge in [0.05, 0.1) is 30.3 Å². The largest absolute Gasteiger partial charge is 0.495 e. The number of nitrogens with zero attached hydrogens (tertiary/aromatic N) is 2. The average Bonchev–Trinajstić information content (AvgIpc) is 3.01. The van der Waals surface area contributed by atoms with Gasteiger partial charge in [0.1, 0.15) is 5.75 Å². The molecular weight excluding hydrogens is 354 g/mol. The molecule has 1 amide bonds. The van der Waals surface area contributed by atoms with Crippen LogP contribution in [-0.2, 0) is 14.6 Å². The standard InChI is InChI=1S/C18H27N3O4S/c1-14(18(22)19-16-5-3-4-6-17(16)25-2)20-8-10-21(11-9-20)15-7-12-26(23,24)13-15/h3-6,14-15H,7-13H2,1-2H3,(H,19,22)/t14-,15-/m0/s1. The van der Waals surface area contributed by atoms with Crippen molar-refractivity contribution in [2.24, 2.45) is 0 Å². The maximum Gasteiger partial charge on any atom is 0.241 e. The summed E-state index contributed by atoms with van der Waals surface area (Å²) in [6, 6.07) is 7.24. The molecule has 0 aliphatic carbocycles. The zero-order valence-electron chi connectivity index (χ0n) is 15.3. The van der Waals surface area contributed by atoms with Gasteiger partial charge >= 0.3 is 0 Å². The van der Waals surface area contributed by atoms with Crippen molar-refractivity contribution in [1.29, 1.82) is 0 Å². The summed E-state index contributed by atoms with van der Waals surface area (Å²) in [5.74, 6) is 1.15. The van der Waals surface area contributed by atoms with Crippen molar-refractivity contribution in [2.45, 2.75) is 25.4 Å². The van der Waals surface area contributed by atoms with Gasteiger partial charge in [-0.1, -0.05) is 12.1 Å². The van der Waals surface area contributed by atoms with Gasteiger partial charge in [-0.25, -0.2) is 8.42 Å². The lowest BCUT2D eigenvalue weighted by Gasteiger charge is -2.39. The third-order valence-electron chi connectivity index (χ3n) is 5.37. The molecule has 1 aromatic carbocycles. The Morgan fingerprint density at radius 2 is 1.92 bits per heavy atom. The summed E-state index contributed by atoms with van der Waals surface area (Å²) in [5, 5.41) is 2.94. The van der Waals surface area contributed by atoms with Crippen molar-refractivity contribution in [1.82, 2.24) is 9.80 Å². The Morgan fingerprint density at radius 3 is 2.54 bits per heavy atom. The second-order valence-electron chi connectivity index (χ2n) is 6.99. The maximum atomic E-state index is 12.6. The summed E-state index contributed by atoms with van der Waals surface area (Å²) in [6.07, 6.45) is 0.728. The molecule has 7 nitrogen and oxygen atoms in total. The third-order valence-corrected chi connectivity index (χ3v) is 7.12. The summed E-state index contributed by atoms with van der Waals surface area (Å²) >= 11 is 0. The molecule has 0 bridgehead atoms. The van der Waals surface area contributed by atoms with Crippen molar-refractivity contribution >= 4 is 21.4 Å². The van der Waals surface area contributed by atoms with E-state index in [0.29, 0.717) is 17.2 Å². The SMILES string of the molecule is COc1ccccc1NC(=O)[C@H](C)N1CCN([C@H]2CCS(=O)(=O)C2)CC1. The van der Waals surface area contributed by atoms with E-state index in [1.165, 1.54) is 0 Å². The predicted octanol–water partition coefficient (Wildman–Crippen LogP) is 0.827. The van der Waals surface area contributed by atoms with E-state index in [9.17, 15) is 13.2 Å². The zero-order valence-corrected chi connectivity index (χ0v) is 16.2.